The second kappa shape index (κ2) is 8.30. The Labute approximate surface area is 140 Å². The lowest BCUT2D eigenvalue weighted by Gasteiger charge is -2.20. The van der Waals surface area contributed by atoms with E-state index < -0.39 is 0 Å². The summed E-state index contributed by atoms with van der Waals surface area (Å²) >= 11 is 7.73. The molecule has 2 rings (SSSR count). The zero-order valence-electron chi connectivity index (χ0n) is 13.0. The molecule has 0 saturated carbocycles. The van der Waals surface area contributed by atoms with Crippen molar-refractivity contribution in [1.29, 1.82) is 0 Å². The van der Waals surface area contributed by atoms with Crippen molar-refractivity contribution in [3.05, 3.63) is 40.4 Å². The summed E-state index contributed by atoms with van der Waals surface area (Å²) in [5, 5.41) is 3.51. The molecular weight excluding hydrogens is 316 g/mol. The lowest BCUT2D eigenvalue weighted by Crippen LogP contribution is -2.33. The van der Waals surface area contributed by atoms with Gasteiger partial charge in [0.25, 0.3) is 0 Å². The summed E-state index contributed by atoms with van der Waals surface area (Å²) in [6, 6.07) is 7.65. The predicted octanol–water partition coefficient (Wildman–Crippen LogP) is 4.65. The number of halogens is 1. The molecule has 0 bridgehead atoms. The van der Waals surface area contributed by atoms with Crippen LogP contribution in [0.25, 0.3) is 10.6 Å². The van der Waals surface area contributed by atoms with Gasteiger partial charge in [0, 0.05) is 24.0 Å². The number of thiazole rings is 1. The highest BCUT2D eigenvalue weighted by molar-refractivity contribution is 7.13. The molecule has 1 aromatic heterocycles. The van der Waals surface area contributed by atoms with Gasteiger partial charge in [0.15, 0.2) is 0 Å². The Kier molecular flexibility index (Phi) is 6.40. The molecule has 1 amide bonds. The summed E-state index contributed by atoms with van der Waals surface area (Å²) < 4.78 is 0. The molecule has 0 aliphatic rings. The summed E-state index contributed by atoms with van der Waals surface area (Å²) in [6.07, 6.45) is 2.32. The fourth-order valence-electron chi connectivity index (χ4n) is 2.31. The second-order valence-corrected chi connectivity index (χ2v) is 6.45. The largest absolute Gasteiger partial charge is 0.342 e. The molecule has 0 atom stereocenters. The predicted molar refractivity (Wildman–Crippen MR) is 93.4 cm³/mol. The third-order valence-corrected chi connectivity index (χ3v) is 4.58. The molecule has 1 heterocycles. The minimum Gasteiger partial charge on any atom is -0.342 e. The van der Waals surface area contributed by atoms with E-state index in [0.717, 1.165) is 42.2 Å². The van der Waals surface area contributed by atoms with Crippen LogP contribution in [0, 0.1) is 0 Å². The van der Waals surface area contributed by atoms with E-state index in [0.29, 0.717) is 11.4 Å². The molecule has 0 radical (unpaired) electrons. The average Bonchev–Trinajstić information content (AvgIpc) is 2.95. The molecule has 2 aromatic rings. The van der Waals surface area contributed by atoms with Gasteiger partial charge >= 0.3 is 0 Å². The first kappa shape index (κ1) is 17.0. The van der Waals surface area contributed by atoms with Crippen LogP contribution in [0.5, 0.6) is 0 Å². The summed E-state index contributed by atoms with van der Waals surface area (Å²) in [5.74, 6) is 0.153. The Balaban J connectivity index is 2.08. The van der Waals surface area contributed by atoms with E-state index in [1.165, 1.54) is 11.3 Å². The van der Waals surface area contributed by atoms with E-state index in [2.05, 4.69) is 18.8 Å². The minimum absolute atomic E-state index is 0.153. The molecule has 1 aromatic carbocycles. The SMILES string of the molecule is CCCN(CCC)C(=O)Cc1csc(-c2ccccc2Cl)n1. The van der Waals surface area contributed by atoms with Gasteiger partial charge in [-0.3, -0.25) is 4.79 Å². The molecule has 0 N–H and O–H groups in total. The quantitative estimate of drug-likeness (QED) is 0.737. The summed E-state index contributed by atoms with van der Waals surface area (Å²) in [5.41, 5.74) is 1.74. The number of hydrogen-bond acceptors (Lipinski definition) is 3. The summed E-state index contributed by atoms with van der Waals surface area (Å²) in [6.45, 7) is 5.81. The molecule has 5 heteroatoms. The Morgan fingerprint density at radius 1 is 1.23 bits per heavy atom. The zero-order chi connectivity index (χ0) is 15.9. The lowest BCUT2D eigenvalue weighted by atomic mass is 10.2. The molecule has 22 heavy (non-hydrogen) atoms. The highest BCUT2D eigenvalue weighted by Crippen LogP contribution is 2.30. The van der Waals surface area contributed by atoms with Gasteiger partial charge in [-0.25, -0.2) is 4.98 Å². The Morgan fingerprint density at radius 2 is 1.91 bits per heavy atom. The number of carbonyl (C=O) groups is 1. The number of hydrogen-bond donors (Lipinski definition) is 0. The maximum absolute atomic E-state index is 12.4. The topological polar surface area (TPSA) is 33.2 Å². The molecule has 0 fully saturated rings. The van der Waals surface area contributed by atoms with Crippen LogP contribution >= 0.6 is 22.9 Å². The Bertz CT molecular complexity index is 621. The van der Waals surface area contributed by atoms with Crippen LogP contribution in [0.1, 0.15) is 32.4 Å². The Morgan fingerprint density at radius 3 is 2.55 bits per heavy atom. The average molecular weight is 337 g/mol. The number of amides is 1. The van der Waals surface area contributed by atoms with Crippen molar-refractivity contribution in [2.75, 3.05) is 13.1 Å². The third kappa shape index (κ3) is 4.31. The molecule has 0 aliphatic carbocycles. The van der Waals surface area contributed by atoms with Crippen LogP contribution in [-0.4, -0.2) is 28.9 Å². The van der Waals surface area contributed by atoms with Gasteiger partial charge in [-0.05, 0) is 18.9 Å². The van der Waals surface area contributed by atoms with E-state index in [1.807, 2.05) is 34.5 Å². The molecule has 0 aliphatic heterocycles. The van der Waals surface area contributed by atoms with E-state index in [1.54, 1.807) is 0 Å². The standard InChI is InChI=1S/C17H21ClN2OS/c1-3-9-20(10-4-2)16(21)11-13-12-22-17(19-13)14-7-5-6-8-15(14)18/h5-8,12H,3-4,9-11H2,1-2H3. The van der Waals surface area contributed by atoms with Crippen molar-refractivity contribution in [1.82, 2.24) is 9.88 Å². The molecule has 0 spiro atoms. The van der Waals surface area contributed by atoms with Gasteiger partial charge in [0.1, 0.15) is 5.01 Å². The van der Waals surface area contributed by atoms with Gasteiger partial charge in [-0.15, -0.1) is 11.3 Å². The highest BCUT2D eigenvalue weighted by Gasteiger charge is 2.15. The number of carbonyl (C=O) groups excluding carboxylic acids is 1. The van der Waals surface area contributed by atoms with Crippen LogP contribution < -0.4 is 0 Å². The van der Waals surface area contributed by atoms with Crippen molar-refractivity contribution >= 4 is 28.8 Å². The second-order valence-electron chi connectivity index (χ2n) is 5.18. The highest BCUT2D eigenvalue weighted by atomic mass is 35.5. The van der Waals surface area contributed by atoms with E-state index in [4.69, 9.17) is 11.6 Å². The van der Waals surface area contributed by atoms with Crippen molar-refractivity contribution in [3.8, 4) is 10.6 Å². The number of benzene rings is 1. The number of nitrogens with zero attached hydrogens (tertiary/aromatic N) is 2. The first-order valence-electron chi connectivity index (χ1n) is 7.62. The van der Waals surface area contributed by atoms with Crippen molar-refractivity contribution in [2.24, 2.45) is 0 Å². The van der Waals surface area contributed by atoms with E-state index in [-0.39, 0.29) is 5.91 Å². The van der Waals surface area contributed by atoms with E-state index in [9.17, 15) is 4.79 Å². The summed E-state index contributed by atoms with van der Waals surface area (Å²) in [7, 11) is 0. The molecule has 0 unspecified atom stereocenters. The third-order valence-electron chi connectivity index (χ3n) is 3.33. The van der Waals surface area contributed by atoms with Gasteiger partial charge in [-0.2, -0.15) is 0 Å². The normalized spacial score (nSPS) is 10.7. The zero-order valence-corrected chi connectivity index (χ0v) is 14.6. The summed E-state index contributed by atoms with van der Waals surface area (Å²) in [4.78, 5) is 18.9. The monoisotopic (exact) mass is 336 g/mol. The smallest absolute Gasteiger partial charge is 0.228 e. The number of aromatic nitrogens is 1. The molecule has 118 valence electrons. The van der Waals surface area contributed by atoms with Gasteiger partial charge in [0.2, 0.25) is 5.91 Å². The van der Waals surface area contributed by atoms with Gasteiger partial charge in [0.05, 0.1) is 17.1 Å². The van der Waals surface area contributed by atoms with Crippen LogP contribution in [0.3, 0.4) is 0 Å². The van der Waals surface area contributed by atoms with Crippen molar-refractivity contribution < 1.29 is 4.79 Å². The van der Waals surface area contributed by atoms with Crippen molar-refractivity contribution in [2.45, 2.75) is 33.1 Å². The first-order valence-corrected chi connectivity index (χ1v) is 8.88. The first-order chi connectivity index (χ1) is 10.7. The maximum atomic E-state index is 12.4. The fraction of sp³-hybridized carbons (Fsp3) is 0.412. The number of rotatable bonds is 7. The van der Waals surface area contributed by atoms with Gasteiger partial charge < -0.3 is 4.90 Å². The van der Waals surface area contributed by atoms with Crippen LogP contribution in [0.4, 0.5) is 0 Å². The molecule has 3 nitrogen and oxygen atoms in total. The van der Waals surface area contributed by atoms with Crippen LogP contribution in [-0.2, 0) is 11.2 Å². The maximum Gasteiger partial charge on any atom is 0.228 e. The molecule has 0 saturated heterocycles. The van der Waals surface area contributed by atoms with Crippen molar-refractivity contribution in [3.63, 3.8) is 0 Å². The Hall–Kier alpha value is -1.39. The van der Waals surface area contributed by atoms with Crippen LogP contribution in [0.2, 0.25) is 5.02 Å². The minimum atomic E-state index is 0.153. The fourth-order valence-corrected chi connectivity index (χ4v) is 3.45. The van der Waals surface area contributed by atoms with Gasteiger partial charge in [-0.1, -0.05) is 43.6 Å². The molecular formula is C17H21ClN2OS. The lowest BCUT2D eigenvalue weighted by molar-refractivity contribution is -0.130. The van der Waals surface area contributed by atoms with E-state index >= 15 is 0 Å². The van der Waals surface area contributed by atoms with Crippen LogP contribution in [0.15, 0.2) is 29.6 Å².